The number of esters is 1. The Kier molecular flexibility index (Phi) is 2.06. The molecule has 1 saturated heterocycles. The molecule has 0 radical (unpaired) electrons. The molecule has 1 aliphatic rings. The van der Waals surface area contributed by atoms with E-state index in [1.807, 2.05) is 6.92 Å². The van der Waals surface area contributed by atoms with Gasteiger partial charge in [-0.25, -0.2) is 4.79 Å². The van der Waals surface area contributed by atoms with Crippen LogP contribution in [-0.2, 0) is 9.53 Å². The van der Waals surface area contributed by atoms with Crippen molar-refractivity contribution in [3.63, 3.8) is 0 Å². The van der Waals surface area contributed by atoms with Gasteiger partial charge in [-0.3, -0.25) is 5.32 Å². The molecular formula is C7H11NO2. The molecule has 10 heavy (non-hydrogen) atoms. The molecule has 1 N–H and O–H groups in total. The van der Waals surface area contributed by atoms with Crippen LogP contribution in [0.25, 0.3) is 0 Å². The molecular weight excluding hydrogens is 130 g/mol. The molecule has 1 aliphatic heterocycles. The van der Waals surface area contributed by atoms with Gasteiger partial charge in [-0.15, -0.1) is 0 Å². The first kappa shape index (κ1) is 7.28. The van der Waals surface area contributed by atoms with Gasteiger partial charge in [-0.05, 0) is 6.42 Å². The standard InChI is InChI=1S/C7H11NO2/c1-3-5(2)7(9)10-6-4-8-6/h6,8H,2-4H2,1H3. The smallest absolute Gasteiger partial charge is 0.335 e. The van der Waals surface area contributed by atoms with Gasteiger partial charge < -0.3 is 4.74 Å². The molecule has 0 spiro atoms. The molecule has 0 aromatic carbocycles. The molecule has 0 bridgehead atoms. The first-order valence-corrected chi connectivity index (χ1v) is 3.36. The van der Waals surface area contributed by atoms with Crippen LogP contribution in [-0.4, -0.2) is 18.7 Å². The predicted molar refractivity (Wildman–Crippen MR) is 37.3 cm³/mol. The van der Waals surface area contributed by atoms with Crippen molar-refractivity contribution < 1.29 is 9.53 Å². The summed E-state index contributed by atoms with van der Waals surface area (Å²) >= 11 is 0. The van der Waals surface area contributed by atoms with Gasteiger partial charge in [0.15, 0.2) is 6.23 Å². The van der Waals surface area contributed by atoms with E-state index in [-0.39, 0.29) is 12.2 Å². The fourth-order valence-corrected chi connectivity index (χ4v) is 0.488. The van der Waals surface area contributed by atoms with Crippen LogP contribution < -0.4 is 5.32 Å². The Hall–Kier alpha value is -0.830. The highest BCUT2D eigenvalue weighted by molar-refractivity contribution is 5.87. The van der Waals surface area contributed by atoms with E-state index >= 15 is 0 Å². The van der Waals surface area contributed by atoms with Crippen LogP contribution >= 0.6 is 0 Å². The van der Waals surface area contributed by atoms with Gasteiger partial charge >= 0.3 is 5.97 Å². The quantitative estimate of drug-likeness (QED) is 0.352. The Labute approximate surface area is 60.1 Å². The maximum atomic E-state index is 10.9. The molecule has 0 aromatic heterocycles. The third kappa shape index (κ3) is 1.84. The number of hydrogen-bond donors (Lipinski definition) is 1. The van der Waals surface area contributed by atoms with Crippen LogP contribution in [0.15, 0.2) is 12.2 Å². The molecule has 0 aromatic rings. The summed E-state index contributed by atoms with van der Waals surface area (Å²) in [5.41, 5.74) is 0.536. The third-order valence-electron chi connectivity index (χ3n) is 1.34. The second-order valence-electron chi connectivity index (χ2n) is 2.26. The minimum absolute atomic E-state index is 0.0456. The van der Waals surface area contributed by atoms with Crippen molar-refractivity contribution >= 4 is 5.97 Å². The zero-order valence-corrected chi connectivity index (χ0v) is 6.02. The average molecular weight is 141 g/mol. The minimum Gasteiger partial charge on any atom is -0.442 e. The number of hydrogen-bond acceptors (Lipinski definition) is 3. The lowest BCUT2D eigenvalue weighted by Gasteiger charge is -2.00. The highest BCUT2D eigenvalue weighted by atomic mass is 16.6. The van der Waals surface area contributed by atoms with E-state index in [2.05, 4.69) is 11.9 Å². The second-order valence-corrected chi connectivity index (χ2v) is 2.26. The van der Waals surface area contributed by atoms with Gasteiger partial charge in [0.1, 0.15) is 0 Å². The second kappa shape index (κ2) is 2.84. The summed E-state index contributed by atoms with van der Waals surface area (Å²) in [6.45, 7) is 6.21. The number of nitrogens with one attached hydrogen (secondary N) is 1. The van der Waals surface area contributed by atoms with Crippen molar-refractivity contribution in [1.82, 2.24) is 5.32 Å². The van der Waals surface area contributed by atoms with E-state index in [9.17, 15) is 4.79 Å². The number of carbonyl (C=O) groups is 1. The molecule has 1 unspecified atom stereocenters. The van der Waals surface area contributed by atoms with Gasteiger partial charge in [0, 0.05) is 12.1 Å². The van der Waals surface area contributed by atoms with Crippen molar-refractivity contribution in [3.05, 3.63) is 12.2 Å². The van der Waals surface area contributed by atoms with Crippen molar-refractivity contribution in [2.45, 2.75) is 19.6 Å². The number of rotatable bonds is 3. The SMILES string of the molecule is C=C(CC)C(=O)OC1CN1. The Balaban J connectivity index is 2.25. The lowest BCUT2D eigenvalue weighted by Crippen LogP contribution is -2.10. The van der Waals surface area contributed by atoms with Gasteiger partial charge in [0.05, 0.1) is 0 Å². The third-order valence-corrected chi connectivity index (χ3v) is 1.34. The molecule has 1 rings (SSSR count). The lowest BCUT2D eigenvalue weighted by atomic mass is 10.2. The van der Waals surface area contributed by atoms with E-state index < -0.39 is 0 Å². The molecule has 0 aliphatic carbocycles. The summed E-state index contributed by atoms with van der Waals surface area (Å²) in [6.07, 6.45) is 0.613. The van der Waals surface area contributed by atoms with Gasteiger partial charge in [0.2, 0.25) is 0 Å². The van der Waals surface area contributed by atoms with Crippen LogP contribution in [0, 0.1) is 0 Å². The van der Waals surface area contributed by atoms with Gasteiger partial charge in [-0.2, -0.15) is 0 Å². The Morgan fingerprint density at radius 2 is 2.50 bits per heavy atom. The highest BCUT2D eigenvalue weighted by Crippen LogP contribution is 2.05. The molecule has 3 nitrogen and oxygen atoms in total. The van der Waals surface area contributed by atoms with Crippen molar-refractivity contribution in [2.75, 3.05) is 6.54 Å². The number of carbonyl (C=O) groups excluding carboxylic acids is 1. The molecule has 3 heteroatoms. The maximum Gasteiger partial charge on any atom is 0.335 e. The van der Waals surface area contributed by atoms with E-state index in [0.29, 0.717) is 12.0 Å². The molecule has 1 fully saturated rings. The summed E-state index contributed by atoms with van der Waals surface area (Å²) in [6, 6.07) is 0. The minimum atomic E-state index is -0.280. The largest absolute Gasteiger partial charge is 0.442 e. The normalized spacial score (nSPS) is 21.9. The van der Waals surface area contributed by atoms with Crippen LogP contribution in [0.5, 0.6) is 0 Å². The summed E-state index contributed by atoms with van der Waals surface area (Å²) in [5, 5.41) is 2.86. The van der Waals surface area contributed by atoms with E-state index in [1.54, 1.807) is 0 Å². The summed E-state index contributed by atoms with van der Waals surface area (Å²) < 4.78 is 4.86. The summed E-state index contributed by atoms with van der Waals surface area (Å²) in [5.74, 6) is -0.280. The van der Waals surface area contributed by atoms with E-state index in [0.717, 1.165) is 6.54 Å². The number of ether oxygens (including phenoxy) is 1. The molecule has 1 atom stereocenters. The summed E-state index contributed by atoms with van der Waals surface area (Å²) in [7, 11) is 0. The van der Waals surface area contributed by atoms with Crippen LogP contribution in [0.4, 0.5) is 0 Å². The Morgan fingerprint density at radius 1 is 1.90 bits per heavy atom. The van der Waals surface area contributed by atoms with Crippen LogP contribution in [0.2, 0.25) is 0 Å². The van der Waals surface area contributed by atoms with E-state index in [1.165, 1.54) is 0 Å². The monoisotopic (exact) mass is 141 g/mol. The van der Waals surface area contributed by atoms with Crippen molar-refractivity contribution in [2.24, 2.45) is 0 Å². The fourth-order valence-electron chi connectivity index (χ4n) is 0.488. The Morgan fingerprint density at radius 3 is 2.90 bits per heavy atom. The van der Waals surface area contributed by atoms with E-state index in [4.69, 9.17) is 4.74 Å². The van der Waals surface area contributed by atoms with Gasteiger partial charge in [-0.1, -0.05) is 13.5 Å². The van der Waals surface area contributed by atoms with Crippen LogP contribution in [0.3, 0.4) is 0 Å². The fraction of sp³-hybridized carbons (Fsp3) is 0.571. The molecule has 0 saturated carbocycles. The maximum absolute atomic E-state index is 10.9. The topological polar surface area (TPSA) is 48.2 Å². The zero-order chi connectivity index (χ0) is 7.56. The first-order chi connectivity index (χ1) is 4.74. The summed E-state index contributed by atoms with van der Waals surface area (Å²) in [4.78, 5) is 10.9. The molecule has 56 valence electrons. The van der Waals surface area contributed by atoms with Crippen molar-refractivity contribution in [3.8, 4) is 0 Å². The average Bonchev–Trinajstić information content (AvgIpc) is 2.70. The molecule has 0 amide bonds. The van der Waals surface area contributed by atoms with Crippen molar-refractivity contribution in [1.29, 1.82) is 0 Å². The highest BCUT2D eigenvalue weighted by Gasteiger charge is 2.24. The van der Waals surface area contributed by atoms with Crippen LogP contribution in [0.1, 0.15) is 13.3 Å². The zero-order valence-electron chi connectivity index (χ0n) is 6.02. The Bertz CT molecular complexity index is 161. The first-order valence-electron chi connectivity index (χ1n) is 3.36. The lowest BCUT2D eigenvalue weighted by molar-refractivity contribution is -0.140. The van der Waals surface area contributed by atoms with Gasteiger partial charge in [0.25, 0.3) is 0 Å². The predicted octanol–water partition coefficient (Wildman–Crippen LogP) is 0.425. The molecule has 1 heterocycles.